The van der Waals surface area contributed by atoms with Crippen LogP contribution in [0.15, 0.2) is 23.0 Å². The number of rotatable bonds is 5. The summed E-state index contributed by atoms with van der Waals surface area (Å²) in [5.74, 6) is -0.497. The largest absolute Gasteiger partial charge is 0.454 e. The van der Waals surface area contributed by atoms with Gasteiger partial charge in [-0.05, 0) is 57.4 Å². The van der Waals surface area contributed by atoms with Crippen molar-refractivity contribution in [3.05, 3.63) is 62.5 Å². The van der Waals surface area contributed by atoms with Gasteiger partial charge in [-0.25, -0.2) is 9.78 Å². The predicted octanol–water partition coefficient (Wildman–Crippen LogP) is 3.31. The topological polar surface area (TPSA) is 111 Å². The number of aryl methyl sites for hydroxylation is 2. The van der Waals surface area contributed by atoms with Crippen LogP contribution in [0.2, 0.25) is 0 Å². The van der Waals surface area contributed by atoms with Gasteiger partial charge in [0.05, 0.1) is 22.2 Å². The van der Waals surface area contributed by atoms with Crippen LogP contribution < -0.4 is 5.56 Å². The first kappa shape index (κ1) is 21.7. The molecule has 0 saturated heterocycles. The number of esters is 1. The van der Waals surface area contributed by atoms with E-state index in [4.69, 9.17) is 4.74 Å². The molecule has 1 aliphatic rings. The second-order valence-corrected chi connectivity index (χ2v) is 8.21. The van der Waals surface area contributed by atoms with E-state index in [1.807, 2.05) is 0 Å². The average Bonchev–Trinajstić information content (AvgIpc) is 2.91. The maximum atomic E-state index is 12.8. The van der Waals surface area contributed by atoms with Crippen LogP contribution in [-0.2, 0) is 17.7 Å². The number of benzene rings is 1. The van der Waals surface area contributed by atoms with Gasteiger partial charge in [0, 0.05) is 24.2 Å². The van der Waals surface area contributed by atoms with Crippen LogP contribution in [0.1, 0.15) is 74.5 Å². The molecule has 1 aliphatic heterocycles. The van der Waals surface area contributed by atoms with Crippen molar-refractivity contribution in [1.82, 2.24) is 14.5 Å². The minimum absolute atomic E-state index is 0.0964. The molecule has 166 valence electrons. The number of nitrogens with zero attached hydrogens (tertiary/aromatic N) is 2. The molecule has 0 aliphatic carbocycles. The Bertz CT molecular complexity index is 1320. The lowest BCUT2D eigenvalue weighted by Gasteiger charge is -2.11. The quantitative estimate of drug-likeness (QED) is 0.486. The smallest absolute Gasteiger partial charge is 0.338 e. The number of hydrogen-bond donors (Lipinski definition) is 1. The van der Waals surface area contributed by atoms with Crippen LogP contribution in [0.4, 0.5) is 0 Å². The minimum Gasteiger partial charge on any atom is -0.454 e. The van der Waals surface area contributed by atoms with Gasteiger partial charge in [0.2, 0.25) is 5.78 Å². The van der Waals surface area contributed by atoms with E-state index in [0.29, 0.717) is 34.3 Å². The van der Waals surface area contributed by atoms with Crippen LogP contribution in [0.3, 0.4) is 0 Å². The van der Waals surface area contributed by atoms with Crippen molar-refractivity contribution in [2.24, 2.45) is 0 Å². The van der Waals surface area contributed by atoms with Crippen molar-refractivity contribution >= 4 is 28.4 Å². The molecule has 0 spiro atoms. The summed E-state index contributed by atoms with van der Waals surface area (Å²) in [5, 5.41) is 0.456. The first-order valence-corrected chi connectivity index (χ1v) is 10.7. The number of ether oxygens (including phenoxy) is 1. The molecule has 3 heterocycles. The van der Waals surface area contributed by atoms with Crippen LogP contribution in [-0.4, -0.2) is 38.7 Å². The Morgan fingerprint density at radius 1 is 1.16 bits per heavy atom. The van der Waals surface area contributed by atoms with E-state index in [1.54, 1.807) is 24.5 Å². The molecule has 2 aromatic heterocycles. The summed E-state index contributed by atoms with van der Waals surface area (Å²) in [7, 11) is 0. The molecular weight excluding hydrogens is 410 g/mol. The Kier molecular flexibility index (Phi) is 5.78. The average molecular weight is 435 g/mol. The van der Waals surface area contributed by atoms with Crippen molar-refractivity contribution in [1.29, 1.82) is 0 Å². The molecule has 0 unspecified atom stereocenters. The molecule has 3 aromatic rings. The van der Waals surface area contributed by atoms with Crippen LogP contribution >= 0.6 is 0 Å². The first-order valence-electron chi connectivity index (χ1n) is 10.7. The van der Waals surface area contributed by atoms with Crippen molar-refractivity contribution in [3.8, 4) is 0 Å². The Balaban J connectivity index is 1.54. The SMILES string of the molecule is CC(=O)c1c(C)[nH]c(C(=O)COC(=O)c2ccc3c(=O)n4c(nc3c2)CCCCC4)c1C. The maximum Gasteiger partial charge on any atom is 0.338 e. The second kappa shape index (κ2) is 8.53. The summed E-state index contributed by atoms with van der Waals surface area (Å²) in [6.45, 7) is 5.04. The van der Waals surface area contributed by atoms with E-state index >= 15 is 0 Å². The highest BCUT2D eigenvalue weighted by Crippen LogP contribution is 2.20. The molecular formula is C24H25N3O5. The molecule has 1 aromatic carbocycles. The summed E-state index contributed by atoms with van der Waals surface area (Å²) in [5.41, 5.74) is 2.47. The molecule has 8 heteroatoms. The first-order chi connectivity index (χ1) is 15.3. The molecule has 0 amide bonds. The van der Waals surface area contributed by atoms with E-state index in [9.17, 15) is 19.2 Å². The number of H-pyrrole nitrogens is 1. The fourth-order valence-corrected chi connectivity index (χ4v) is 4.39. The number of carbonyl (C=O) groups is 3. The van der Waals surface area contributed by atoms with Crippen molar-refractivity contribution in [3.63, 3.8) is 0 Å². The third-order valence-corrected chi connectivity index (χ3v) is 5.95. The van der Waals surface area contributed by atoms with Gasteiger partial charge in [0.25, 0.3) is 5.56 Å². The predicted molar refractivity (Wildman–Crippen MR) is 118 cm³/mol. The van der Waals surface area contributed by atoms with E-state index in [-0.39, 0.29) is 22.6 Å². The highest BCUT2D eigenvalue weighted by atomic mass is 16.5. The van der Waals surface area contributed by atoms with E-state index in [0.717, 1.165) is 31.5 Å². The molecule has 32 heavy (non-hydrogen) atoms. The fraction of sp³-hybridized carbons (Fsp3) is 0.375. The zero-order valence-corrected chi connectivity index (χ0v) is 18.4. The van der Waals surface area contributed by atoms with Crippen molar-refractivity contribution in [2.75, 3.05) is 6.61 Å². The third-order valence-electron chi connectivity index (χ3n) is 5.95. The highest BCUT2D eigenvalue weighted by Gasteiger charge is 2.21. The maximum absolute atomic E-state index is 12.8. The van der Waals surface area contributed by atoms with Crippen LogP contribution in [0, 0.1) is 13.8 Å². The normalized spacial score (nSPS) is 13.5. The molecule has 0 atom stereocenters. The minimum atomic E-state index is -0.676. The van der Waals surface area contributed by atoms with Gasteiger partial charge < -0.3 is 9.72 Å². The van der Waals surface area contributed by atoms with Gasteiger partial charge in [-0.3, -0.25) is 19.0 Å². The summed E-state index contributed by atoms with van der Waals surface area (Å²) in [6.07, 6.45) is 3.71. The van der Waals surface area contributed by atoms with Gasteiger partial charge in [-0.15, -0.1) is 0 Å². The Hall–Kier alpha value is -3.55. The Morgan fingerprint density at radius 3 is 2.66 bits per heavy atom. The molecule has 0 radical (unpaired) electrons. The number of ketones is 2. The van der Waals surface area contributed by atoms with Crippen molar-refractivity contribution < 1.29 is 19.1 Å². The Morgan fingerprint density at radius 2 is 1.94 bits per heavy atom. The van der Waals surface area contributed by atoms with Gasteiger partial charge in [-0.1, -0.05) is 6.42 Å². The van der Waals surface area contributed by atoms with E-state index in [2.05, 4.69) is 9.97 Å². The lowest BCUT2D eigenvalue weighted by Crippen LogP contribution is -2.24. The highest BCUT2D eigenvalue weighted by molar-refractivity contribution is 6.04. The third kappa shape index (κ3) is 3.88. The molecule has 8 nitrogen and oxygen atoms in total. The number of Topliss-reactive ketones (excluding diaryl/α,β-unsaturated/α-hetero) is 2. The number of aromatic nitrogens is 3. The van der Waals surface area contributed by atoms with Gasteiger partial charge in [-0.2, -0.15) is 0 Å². The number of fused-ring (bicyclic) bond motifs is 2. The molecule has 4 rings (SSSR count). The van der Waals surface area contributed by atoms with E-state index in [1.165, 1.54) is 19.1 Å². The molecule has 0 fully saturated rings. The van der Waals surface area contributed by atoms with Crippen LogP contribution in [0.5, 0.6) is 0 Å². The zero-order valence-electron chi connectivity index (χ0n) is 18.4. The zero-order chi connectivity index (χ0) is 23.0. The van der Waals surface area contributed by atoms with E-state index < -0.39 is 18.4 Å². The van der Waals surface area contributed by atoms with Crippen LogP contribution in [0.25, 0.3) is 10.9 Å². The van der Waals surface area contributed by atoms with Crippen molar-refractivity contribution in [2.45, 2.75) is 53.0 Å². The monoisotopic (exact) mass is 435 g/mol. The molecule has 0 bridgehead atoms. The summed E-state index contributed by atoms with van der Waals surface area (Å²) >= 11 is 0. The number of carbonyl (C=O) groups excluding carboxylic acids is 3. The lowest BCUT2D eigenvalue weighted by molar-refractivity contribution is 0.0473. The standard InChI is InChI=1S/C24H25N3O5/c1-13-21(15(3)28)14(2)25-22(13)19(29)12-32-24(31)16-8-9-17-18(11-16)26-20-7-5-4-6-10-27(20)23(17)30/h8-9,11,25H,4-7,10,12H2,1-3H3. The van der Waals surface area contributed by atoms with Gasteiger partial charge >= 0.3 is 5.97 Å². The molecule has 1 N–H and O–H groups in total. The summed E-state index contributed by atoms with van der Waals surface area (Å²) in [4.78, 5) is 57.2. The van der Waals surface area contributed by atoms with Gasteiger partial charge in [0.15, 0.2) is 12.4 Å². The lowest BCUT2D eigenvalue weighted by atomic mass is 10.1. The summed E-state index contributed by atoms with van der Waals surface area (Å²) < 4.78 is 6.94. The summed E-state index contributed by atoms with van der Waals surface area (Å²) in [6, 6.07) is 4.63. The fourth-order valence-electron chi connectivity index (χ4n) is 4.39. The number of aromatic amines is 1. The van der Waals surface area contributed by atoms with Gasteiger partial charge in [0.1, 0.15) is 5.82 Å². The second-order valence-electron chi connectivity index (χ2n) is 8.21. The number of hydrogen-bond acceptors (Lipinski definition) is 6. The number of nitrogens with one attached hydrogen (secondary N) is 1. The molecule has 0 saturated carbocycles. The Labute approximate surface area is 184 Å².